The summed E-state index contributed by atoms with van der Waals surface area (Å²) in [6.07, 6.45) is 1.86. The second-order valence-corrected chi connectivity index (χ2v) is 5.02. The predicted octanol–water partition coefficient (Wildman–Crippen LogP) is 1.91. The van der Waals surface area contributed by atoms with Gasteiger partial charge in [0.1, 0.15) is 0 Å². The van der Waals surface area contributed by atoms with Crippen molar-refractivity contribution in [2.75, 3.05) is 20.3 Å². The molecule has 1 saturated heterocycles. The third-order valence-electron chi connectivity index (χ3n) is 3.90. The molecule has 1 fully saturated rings. The van der Waals surface area contributed by atoms with E-state index in [1.54, 1.807) is 0 Å². The van der Waals surface area contributed by atoms with Crippen molar-refractivity contribution in [1.82, 2.24) is 4.90 Å². The Kier molecular flexibility index (Phi) is 4.93. The van der Waals surface area contributed by atoms with Crippen LogP contribution in [0, 0.1) is 0 Å². The molecule has 0 saturated carbocycles. The number of hydrogen-bond acceptors (Lipinski definition) is 4. The Balaban J connectivity index is 2.21. The van der Waals surface area contributed by atoms with Crippen molar-refractivity contribution in [2.45, 2.75) is 24.9 Å². The van der Waals surface area contributed by atoms with Crippen LogP contribution in [0.25, 0.3) is 0 Å². The lowest BCUT2D eigenvalue weighted by Crippen LogP contribution is -2.38. The maximum absolute atomic E-state index is 11.7. The van der Waals surface area contributed by atoms with Gasteiger partial charge in [-0.05, 0) is 24.9 Å². The minimum absolute atomic E-state index is 0.0228. The van der Waals surface area contributed by atoms with Crippen molar-refractivity contribution in [3.63, 3.8) is 0 Å². The molecule has 4 heteroatoms. The third kappa shape index (κ3) is 2.92. The molecule has 0 amide bonds. The summed E-state index contributed by atoms with van der Waals surface area (Å²) in [6.45, 7) is 4.74. The lowest BCUT2D eigenvalue weighted by atomic mass is 10.0. The van der Waals surface area contributed by atoms with E-state index in [4.69, 9.17) is 4.74 Å². The van der Waals surface area contributed by atoms with Gasteiger partial charge >= 0.3 is 5.97 Å². The molecule has 2 rings (SSSR count). The van der Waals surface area contributed by atoms with E-state index in [9.17, 15) is 9.90 Å². The van der Waals surface area contributed by atoms with Crippen LogP contribution in [0.3, 0.4) is 0 Å². The number of methoxy groups -OCH3 is 1. The van der Waals surface area contributed by atoms with Crippen LogP contribution >= 0.6 is 0 Å². The van der Waals surface area contributed by atoms with Crippen LogP contribution in [0.5, 0.6) is 0 Å². The average molecular weight is 275 g/mol. The number of aliphatic hydroxyl groups excluding tert-OH is 1. The molecule has 108 valence electrons. The SMILES string of the molecule is C=C(C(=O)OC)[C@@H]1CCCN1[C@@H](CO)c1ccccc1. The number of likely N-dealkylation sites (tertiary alicyclic amines) is 1. The van der Waals surface area contributed by atoms with E-state index >= 15 is 0 Å². The van der Waals surface area contributed by atoms with Crippen LogP contribution in [0.15, 0.2) is 42.5 Å². The molecule has 0 aliphatic carbocycles. The summed E-state index contributed by atoms with van der Waals surface area (Å²) in [4.78, 5) is 13.8. The minimum Gasteiger partial charge on any atom is -0.466 e. The number of hydrogen-bond donors (Lipinski definition) is 1. The molecular weight excluding hydrogens is 254 g/mol. The lowest BCUT2D eigenvalue weighted by Gasteiger charge is -2.32. The molecule has 1 aromatic rings. The van der Waals surface area contributed by atoms with E-state index in [1.807, 2.05) is 30.3 Å². The number of benzene rings is 1. The van der Waals surface area contributed by atoms with E-state index in [0.29, 0.717) is 5.57 Å². The molecule has 0 aromatic heterocycles. The van der Waals surface area contributed by atoms with Gasteiger partial charge in [-0.25, -0.2) is 4.79 Å². The first-order valence-corrected chi connectivity index (χ1v) is 6.87. The second kappa shape index (κ2) is 6.68. The summed E-state index contributed by atoms with van der Waals surface area (Å²) in [7, 11) is 1.37. The molecule has 2 atom stereocenters. The number of ether oxygens (including phenoxy) is 1. The highest BCUT2D eigenvalue weighted by atomic mass is 16.5. The van der Waals surface area contributed by atoms with Crippen LogP contribution in [-0.4, -0.2) is 42.3 Å². The first kappa shape index (κ1) is 14.8. The fraction of sp³-hybridized carbons (Fsp3) is 0.438. The fourth-order valence-corrected chi connectivity index (χ4v) is 2.88. The lowest BCUT2D eigenvalue weighted by molar-refractivity contribution is -0.136. The Morgan fingerprint density at radius 1 is 1.50 bits per heavy atom. The highest BCUT2D eigenvalue weighted by Crippen LogP contribution is 2.32. The molecule has 1 heterocycles. The number of carbonyl (C=O) groups is 1. The van der Waals surface area contributed by atoms with E-state index in [2.05, 4.69) is 11.5 Å². The average Bonchev–Trinajstić information content (AvgIpc) is 2.97. The molecule has 1 aliphatic heterocycles. The van der Waals surface area contributed by atoms with Gasteiger partial charge in [-0.15, -0.1) is 0 Å². The van der Waals surface area contributed by atoms with Crippen molar-refractivity contribution >= 4 is 5.97 Å². The Labute approximate surface area is 119 Å². The van der Waals surface area contributed by atoms with E-state index in [0.717, 1.165) is 24.9 Å². The number of aliphatic hydroxyl groups is 1. The van der Waals surface area contributed by atoms with Crippen molar-refractivity contribution in [1.29, 1.82) is 0 Å². The molecule has 1 aromatic carbocycles. The van der Waals surface area contributed by atoms with E-state index < -0.39 is 0 Å². The zero-order valence-electron chi connectivity index (χ0n) is 11.8. The maximum atomic E-state index is 11.7. The molecule has 4 nitrogen and oxygen atoms in total. The number of carbonyl (C=O) groups excluding carboxylic acids is 1. The summed E-state index contributed by atoms with van der Waals surface area (Å²) in [5.74, 6) is -0.369. The van der Waals surface area contributed by atoms with Crippen LogP contribution < -0.4 is 0 Å². The molecule has 0 unspecified atom stereocenters. The summed E-state index contributed by atoms with van der Waals surface area (Å²) < 4.78 is 4.76. The van der Waals surface area contributed by atoms with Gasteiger partial charge in [0.2, 0.25) is 0 Å². The highest BCUT2D eigenvalue weighted by molar-refractivity contribution is 5.89. The topological polar surface area (TPSA) is 49.8 Å². The summed E-state index contributed by atoms with van der Waals surface area (Å²) in [5, 5.41) is 9.75. The fourth-order valence-electron chi connectivity index (χ4n) is 2.88. The Morgan fingerprint density at radius 2 is 2.20 bits per heavy atom. The molecular formula is C16H21NO3. The molecule has 0 radical (unpaired) electrons. The van der Waals surface area contributed by atoms with Crippen molar-refractivity contribution in [2.24, 2.45) is 0 Å². The van der Waals surface area contributed by atoms with E-state index in [1.165, 1.54) is 7.11 Å². The number of rotatable bonds is 5. The molecule has 0 spiro atoms. The Bertz CT molecular complexity index is 472. The highest BCUT2D eigenvalue weighted by Gasteiger charge is 2.35. The monoisotopic (exact) mass is 275 g/mol. The molecule has 0 bridgehead atoms. The normalized spacial score (nSPS) is 20.6. The van der Waals surface area contributed by atoms with Crippen LogP contribution in [0.2, 0.25) is 0 Å². The van der Waals surface area contributed by atoms with Gasteiger partial charge in [0, 0.05) is 11.6 Å². The standard InChI is InChI=1S/C16H21NO3/c1-12(16(19)20-2)14-9-6-10-17(14)15(11-18)13-7-4-3-5-8-13/h3-5,7-8,14-15,18H,1,6,9-11H2,2H3/t14-,15-/m0/s1. The number of esters is 1. The molecule has 1 N–H and O–H groups in total. The zero-order chi connectivity index (χ0) is 14.5. The second-order valence-electron chi connectivity index (χ2n) is 5.02. The van der Waals surface area contributed by atoms with E-state index in [-0.39, 0.29) is 24.7 Å². The van der Waals surface area contributed by atoms with Gasteiger partial charge in [0.15, 0.2) is 0 Å². The van der Waals surface area contributed by atoms with Gasteiger partial charge in [-0.3, -0.25) is 4.90 Å². The first-order valence-electron chi connectivity index (χ1n) is 6.87. The smallest absolute Gasteiger partial charge is 0.334 e. The van der Waals surface area contributed by atoms with Gasteiger partial charge in [-0.2, -0.15) is 0 Å². The van der Waals surface area contributed by atoms with Crippen molar-refractivity contribution < 1.29 is 14.6 Å². The first-order chi connectivity index (χ1) is 9.69. The Hall–Kier alpha value is -1.65. The van der Waals surface area contributed by atoms with Crippen molar-refractivity contribution in [3.05, 3.63) is 48.0 Å². The predicted molar refractivity (Wildman–Crippen MR) is 77.2 cm³/mol. The Morgan fingerprint density at radius 3 is 2.80 bits per heavy atom. The van der Waals surface area contributed by atoms with Crippen LogP contribution in [0.4, 0.5) is 0 Å². The zero-order valence-corrected chi connectivity index (χ0v) is 11.8. The summed E-state index contributed by atoms with van der Waals surface area (Å²) in [6, 6.07) is 9.70. The molecule has 20 heavy (non-hydrogen) atoms. The summed E-state index contributed by atoms with van der Waals surface area (Å²) >= 11 is 0. The van der Waals surface area contributed by atoms with Gasteiger partial charge in [0.05, 0.1) is 19.8 Å². The number of nitrogens with zero attached hydrogens (tertiary/aromatic N) is 1. The van der Waals surface area contributed by atoms with Crippen LogP contribution in [-0.2, 0) is 9.53 Å². The third-order valence-corrected chi connectivity index (χ3v) is 3.90. The van der Waals surface area contributed by atoms with Crippen molar-refractivity contribution in [3.8, 4) is 0 Å². The van der Waals surface area contributed by atoms with Gasteiger partial charge < -0.3 is 9.84 Å². The minimum atomic E-state index is -0.369. The molecule has 1 aliphatic rings. The van der Waals surface area contributed by atoms with Crippen LogP contribution in [0.1, 0.15) is 24.4 Å². The largest absolute Gasteiger partial charge is 0.466 e. The maximum Gasteiger partial charge on any atom is 0.334 e. The van der Waals surface area contributed by atoms with Gasteiger partial charge in [0.25, 0.3) is 0 Å². The van der Waals surface area contributed by atoms with Gasteiger partial charge in [-0.1, -0.05) is 36.9 Å². The quantitative estimate of drug-likeness (QED) is 0.659. The summed E-state index contributed by atoms with van der Waals surface area (Å²) in [5.41, 5.74) is 1.53.